The van der Waals surface area contributed by atoms with E-state index in [4.69, 9.17) is 4.74 Å². The molecule has 0 atom stereocenters. The fourth-order valence-corrected chi connectivity index (χ4v) is 3.77. The molecule has 1 rings (SSSR count). The van der Waals surface area contributed by atoms with Crippen molar-refractivity contribution in [2.24, 2.45) is 0 Å². The van der Waals surface area contributed by atoms with Gasteiger partial charge in [0.1, 0.15) is 0 Å². The Kier molecular flexibility index (Phi) is 15.6. The highest BCUT2D eigenvalue weighted by Gasteiger charge is 2.22. The van der Waals surface area contributed by atoms with Crippen LogP contribution >= 0.6 is 0 Å². The van der Waals surface area contributed by atoms with E-state index in [9.17, 15) is 9.59 Å². The molecule has 0 aromatic heterocycles. The Bertz CT molecular complexity index is 598. The quantitative estimate of drug-likeness (QED) is 0.179. The molecule has 4 heteroatoms. The normalized spacial score (nSPS) is 10.8. The van der Waals surface area contributed by atoms with Crippen molar-refractivity contribution in [1.29, 1.82) is 0 Å². The third-order valence-electron chi connectivity index (χ3n) is 5.67. The van der Waals surface area contributed by atoms with Gasteiger partial charge in [-0.1, -0.05) is 97.1 Å². The van der Waals surface area contributed by atoms with Crippen molar-refractivity contribution in [3.63, 3.8) is 0 Å². The van der Waals surface area contributed by atoms with Gasteiger partial charge in [0.05, 0.1) is 17.7 Å². The van der Waals surface area contributed by atoms with Crippen molar-refractivity contribution >= 4 is 11.9 Å². The predicted molar refractivity (Wildman–Crippen MR) is 130 cm³/mol. The minimum atomic E-state index is -0.398. The Morgan fingerprint density at radius 2 is 1.16 bits per heavy atom. The molecule has 0 aliphatic carbocycles. The third-order valence-corrected chi connectivity index (χ3v) is 5.67. The molecule has 1 aromatic rings. The average Bonchev–Trinajstić information content (AvgIpc) is 2.80. The molecule has 0 saturated heterocycles. The highest BCUT2D eigenvalue weighted by Crippen LogP contribution is 2.16. The standard InChI is InChI=1S/C27H45NO3/c1-4-7-9-11-13-17-21-28(22-18-14-12-10-8-5-2)26(29)24-19-15-16-20-25(24)27(30)31-23-6-3/h15-16,19-20H,4-14,17-18,21-23H2,1-3H3. The highest BCUT2D eigenvalue weighted by molar-refractivity contribution is 6.05. The van der Waals surface area contributed by atoms with Crippen LogP contribution < -0.4 is 0 Å². The molecule has 4 nitrogen and oxygen atoms in total. The monoisotopic (exact) mass is 431 g/mol. The molecule has 0 saturated carbocycles. The van der Waals surface area contributed by atoms with Crippen molar-refractivity contribution in [3.8, 4) is 0 Å². The first kappa shape index (κ1) is 27.2. The average molecular weight is 432 g/mol. The summed E-state index contributed by atoms with van der Waals surface area (Å²) in [6.07, 6.45) is 15.2. The lowest BCUT2D eigenvalue weighted by atomic mass is 10.0. The lowest BCUT2D eigenvalue weighted by Gasteiger charge is -2.24. The number of unbranched alkanes of at least 4 members (excludes halogenated alkanes) is 10. The van der Waals surface area contributed by atoms with Crippen LogP contribution in [0.25, 0.3) is 0 Å². The van der Waals surface area contributed by atoms with Crippen molar-refractivity contribution in [3.05, 3.63) is 35.4 Å². The van der Waals surface area contributed by atoms with Crippen LogP contribution in [0.5, 0.6) is 0 Å². The Morgan fingerprint density at radius 3 is 1.68 bits per heavy atom. The Hall–Kier alpha value is -1.84. The summed E-state index contributed by atoms with van der Waals surface area (Å²) < 4.78 is 5.31. The third kappa shape index (κ3) is 11.4. The summed E-state index contributed by atoms with van der Waals surface area (Å²) in [6, 6.07) is 7.10. The number of nitrogens with zero attached hydrogens (tertiary/aromatic N) is 1. The van der Waals surface area contributed by atoms with E-state index < -0.39 is 5.97 Å². The van der Waals surface area contributed by atoms with Crippen LogP contribution in [0.3, 0.4) is 0 Å². The number of benzene rings is 1. The molecule has 1 amide bonds. The summed E-state index contributed by atoms with van der Waals surface area (Å²) in [5.74, 6) is -0.434. The van der Waals surface area contributed by atoms with E-state index in [-0.39, 0.29) is 5.91 Å². The van der Waals surface area contributed by atoms with Gasteiger partial charge < -0.3 is 9.64 Å². The molecule has 0 bridgehead atoms. The number of ether oxygens (including phenoxy) is 1. The first-order chi connectivity index (χ1) is 15.2. The van der Waals surface area contributed by atoms with E-state index in [1.165, 1.54) is 51.4 Å². The molecule has 0 N–H and O–H groups in total. The van der Waals surface area contributed by atoms with E-state index in [1.54, 1.807) is 18.2 Å². The van der Waals surface area contributed by atoms with Gasteiger partial charge in [-0.25, -0.2) is 4.79 Å². The molecule has 0 heterocycles. The minimum Gasteiger partial charge on any atom is -0.462 e. The second kappa shape index (κ2) is 17.8. The first-order valence-corrected chi connectivity index (χ1v) is 12.7. The number of hydrogen-bond acceptors (Lipinski definition) is 3. The number of rotatable bonds is 18. The topological polar surface area (TPSA) is 46.6 Å². The van der Waals surface area contributed by atoms with Crippen molar-refractivity contribution in [2.75, 3.05) is 19.7 Å². The van der Waals surface area contributed by atoms with Gasteiger partial charge in [0, 0.05) is 13.1 Å². The van der Waals surface area contributed by atoms with Gasteiger partial charge in [-0.15, -0.1) is 0 Å². The van der Waals surface area contributed by atoms with E-state index in [0.717, 1.165) is 45.2 Å². The molecule has 0 spiro atoms. The number of esters is 1. The van der Waals surface area contributed by atoms with Gasteiger partial charge in [0.25, 0.3) is 5.91 Å². The van der Waals surface area contributed by atoms with Crippen LogP contribution in [0.15, 0.2) is 24.3 Å². The Morgan fingerprint density at radius 1 is 0.677 bits per heavy atom. The second-order valence-electron chi connectivity index (χ2n) is 8.51. The van der Waals surface area contributed by atoms with Gasteiger partial charge >= 0.3 is 5.97 Å². The van der Waals surface area contributed by atoms with Gasteiger partial charge in [0.2, 0.25) is 0 Å². The molecule has 31 heavy (non-hydrogen) atoms. The predicted octanol–water partition coefficient (Wildman–Crippen LogP) is 7.42. The second-order valence-corrected chi connectivity index (χ2v) is 8.51. The zero-order valence-corrected chi connectivity index (χ0v) is 20.3. The number of hydrogen-bond donors (Lipinski definition) is 0. The van der Waals surface area contributed by atoms with E-state index >= 15 is 0 Å². The van der Waals surface area contributed by atoms with Crippen LogP contribution in [0, 0.1) is 0 Å². The lowest BCUT2D eigenvalue weighted by molar-refractivity contribution is 0.0497. The van der Waals surface area contributed by atoms with Crippen LogP contribution in [0.1, 0.15) is 125 Å². The summed E-state index contributed by atoms with van der Waals surface area (Å²) in [5, 5.41) is 0. The lowest BCUT2D eigenvalue weighted by Crippen LogP contribution is -2.34. The number of amides is 1. The SMILES string of the molecule is CCCCCCCCN(CCCCCCCC)C(=O)c1ccccc1C(=O)OCCC. The maximum Gasteiger partial charge on any atom is 0.338 e. The molecular weight excluding hydrogens is 386 g/mol. The van der Waals surface area contributed by atoms with Gasteiger partial charge in [-0.05, 0) is 31.4 Å². The molecule has 0 radical (unpaired) electrons. The van der Waals surface area contributed by atoms with Crippen LogP contribution in [0.4, 0.5) is 0 Å². The smallest absolute Gasteiger partial charge is 0.338 e. The Labute approximate surface area is 190 Å². The zero-order chi connectivity index (χ0) is 22.7. The highest BCUT2D eigenvalue weighted by atomic mass is 16.5. The summed E-state index contributed by atoms with van der Waals surface area (Å²) >= 11 is 0. The van der Waals surface area contributed by atoms with Crippen LogP contribution in [-0.4, -0.2) is 36.5 Å². The molecule has 0 aliphatic heterocycles. The molecule has 0 unspecified atom stereocenters. The molecule has 0 aliphatic rings. The van der Waals surface area contributed by atoms with Gasteiger partial charge in [0.15, 0.2) is 0 Å². The van der Waals surface area contributed by atoms with Gasteiger partial charge in [-0.3, -0.25) is 4.79 Å². The fourth-order valence-electron chi connectivity index (χ4n) is 3.77. The summed E-state index contributed by atoms with van der Waals surface area (Å²) in [5.41, 5.74) is 0.859. The Balaban J connectivity index is 2.75. The molecular formula is C27H45NO3. The zero-order valence-electron chi connectivity index (χ0n) is 20.3. The summed E-state index contributed by atoms with van der Waals surface area (Å²) in [6.45, 7) is 8.32. The number of carbonyl (C=O) groups is 2. The van der Waals surface area contributed by atoms with E-state index in [2.05, 4.69) is 13.8 Å². The summed E-state index contributed by atoms with van der Waals surface area (Å²) in [7, 11) is 0. The first-order valence-electron chi connectivity index (χ1n) is 12.7. The summed E-state index contributed by atoms with van der Waals surface area (Å²) in [4.78, 5) is 27.8. The van der Waals surface area contributed by atoms with Crippen molar-refractivity contribution < 1.29 is 14.3 Å². The fraction of sp³-hybridized carbons (Fsp3) is 0.704. The maximum absolute atomic E-state index is 13.4. The van der Waals surface area contributed by atoms with Gasteiger partial charge in [-0.2, -0.15) is 0 Å². The molecule has 1 aromatic carbocycles. The number of carbonyl (C=O) groups excluding carboxylic acids is 2. The largest absolute Gasteiger partial charge is 0.462 e. The van der Waals surface area contributed by atoms with Crippen LogP contribution in [0.2, 0.25) is 0 Å². The van der Waals surface area contributed by atoms with E-state index in [0.29, 0.717) is 17.7 Å². The van der Waals surface area contributed by atoms with Crippen molar-refractivity contribution in [2.45, 2.75) is 104 Å². The van der Waals surface area contributed by atoms with E-state index in [1.807, 2.05) is 17.9 Å². The van der Waals surface area contributed by atoms with Crippen molar-refractivity contribution in [1.82, 2.24) is 4.90 Å². The molecule has 0 fully saturated rings. The molecule has 176 valence electrons. The maximum atomic E-state index is 13.4. The van der Waals surface area contributed by atoms with Crippen LogP contribution in [-0.2, 0) is 4.74 Å². The minimum absolute atomic E-state index is 0.0360.